The summed E-state index contributed by atoms with van der Waals surface area (Å²) in [6, 6.07) is 11.6. The molecular formula is C22H30FIN4O3. The van der Waals surface area contributed by atoms with Gasteiger partial charge in [0.15, 0.2) is 5.96 Å². The molecule has 0 aliphatic rings. The number of amides is 1. The number of guanidine groups is 1. The van der Waals surface area contributed by atoms with E-state index in [1.165, 1.54) is 24.3 Å². The molecule has 0 aromatic heterocycles. The van der Waals surface area contributed by atoms with Gasteiger partial charge in [-0.05, 0) is 49.7 Å². The number of nitrogens with one attached hydrogen (secondary N) is 3. The van der Waals surface area contributed by atoms with Crippen molar-refractivity contribution in [1.82, 2.24) is 10.6 Å². The van der Waals surface area contributed by atoms with Gasteiger partial charge in [-0.3, -0.25) is 4.79 Å². The van der Waals surface area contributed by atoms with E-state index < -0.39 is 0 Å². The molecule has 0 atom stereocenters. The zero-order chi connectivity index (χ0) is 21.8. The van der Waals surface area contributed by atoms with Crippen molar-refractivity contribution >= 4 is 41.5 Å². The van der Waals surface area contributed by atoms with Crippen molar-refractivity contribution in [2.24, 2.45) is 4.99 Å². The number of hydrogen-bond donors (Lipinski definition) is 3. The van der Waals surface area contributed by atoms with E-state index in [9.17, 15) is 9.18 Å². The third-order valence-corrected chi connectivity index (χ3v) is 4.06. The second-order valence-corrected chi connectivity index (χ2v) is 6.56. The second kappa shape index (κ2) is 14.6. The Morgan fingerprint density at radius 3 is 2.52 bits per heavy atom. The maximum Gasteiger partial charge on any atom is 0.243 e. The zero-order valence-corrected chi connectivity index (χ0v) is 20.4. The summed E-state index contributed by atoms with van der Waals surface area (Å²) in [5.74, 6) is 0.663. The van der Waals surface area contributed by atoms with Crippen LogP contribution in [0.4, 0.5) is 10.1 Å². The molecule has 0 aliphatic carbocycles. The SMILES string of the molecule is CCNC(=NCc1ccc(C)cc1OCCOC)NCC(=O)Nc1ccc(F)cc1.I. The molecule has 9 heteroatoms. The molecule has 170 valence electrons. The first kappa shape index (κ1) is 26.6. The molecule has 0 heterocycles. The normalized spacial score (nSPS) is 10.8. The minimum absolute atomic E-state index is 0. The van der Waals surface area contributed by atoms with Gasteiger partial charge >= 0.3 is 0 Å². The highest BCUT2D eigenvalue weighted by atomic mass is 127. The number of carbonyl (C=O) groups excluding carboxylic acids is 1. The molecule has 0 saturated carbocycles. The summed E-state index contributed by atoms with van der Waals surface area (Å²) in [6.07, 6.45) is 0. The number of hydrogen-bond acceptors (Lipinski definition) is 4. The van der Waals surface area contributed by atoms with E-state index in [0.29, 0.717) is 38.0 Å². The van der Waals surface area contributed by atoms with Gasteiger partial charge in [0, 0.05) is 24.9 Å². The fourth-order valence-electron chi connectivity index (χ4n) is 2.57. The van der Waals surface area contributed by atoms with E-state index in [0.717, 1.165) is 16.9 Å². The van der Waals surface area contributed by atoms with Crippen LogP contribution in [0.1, 0.15) is 18.1 Å². The molecule has 31 heavy (non-hydrogen) atoms. The molecule has 0 bridgehead atoms. The first-order valence-electron chi connectivity index (χ1n) is 9.80. The van der Waals surface area contributed by atoms with Crippen LogP contribution in [-0.4, -0.2) is 45.3 Å². The van der Waals surface area contributed by atoms with Crippen LogP contribution in [-0.2, 0) is 16.1 Å². The summed E-state index contributed by atoms with van der Waals surface area (Å²) < 4.78 is 23.8. The maximum absolute atomic E-state index is 13.0. The van der Waals surface area contributed by atoms with Gasteiger partial charge in [0.1, 0.15) is 18.2 Å². The Morgan fingerprint density at radius 2 is 1.84 bits per heavy atom. The lowest BCUT2D eigenvalue weighted by Gasteiger charge is -2.13. The average molecular weight is 544 g/mol. The number of halogens is 2. The zero-order valence-electron chi connectivity index (χ0n) is 18.0. The fourth-order valence-corrected chi connectivity index (χ4v) is 2.57. The van der Waals surface area contributed by atoms with E-state index >= 15 is 0 Å². The van der Waals surface area contributed by atoms with Crippen molar-refractivity contribution in [3.63, 3.8) is 0 Å². The predicted octanol–water partition coefficient (Wildman–Crippen LogP) is 3.47. The van der Waals surface area contributed by atoms with Crippen LogP contribution in [0.15, 0.2) is 47.5 Å². The average Bonchev–Trinajstić information content (AvgIpc) is 2.73. The van der Waals surface area contributed by atoms with E-state index in [4.69, 9.17) is 9.47 Å². The summed E-state index contributed by atoms with van der Waals surface area (Å²) in [7, 11) is 1.63. The van der Waals surface area contributed by atoms with Crippen LogP contribution in [0.3, 0.4) is 0 Å². The first-order valence-corrected chi connectivity index (χ1v) is 9.80. The Balaban J connectivity index is 0.00000480. The van der Waals surface area contributed by atoms with Crippen LogP contribution < -0.4 is 20.7 Å². The standard InChI is InChI=1S/C22H29FN4O3.HI/c1-4-24-22(26-15-21(28)27-19-9-7-18(23)8-10-19)25-14-17-6-5-16(2)13-20(17)30-12-11-29-3;/h5-10,13H,4,11-12,14-15H2,1-3H3,(H,27,28)(H2,24,25,26);1H. The number of rotatable bonds is 10. The first-order chi connectivity index (χ1) is 14.5. The van der Waals surface area contributed by atoms with Crippen molar-refractivity contribution in [2.45, 2.75) is 20.4 Å². The minimum atomic E-state index is -0.352. The fraction of sp³-hybridized carbons (Fsp3) is 0.364. The van der Waals surface area contributed by atoms with E-state index in [1.807, 2.05) is 32.0 Å². The summed E-state index contributed by atoms with van der Waals surface area (Å²) in [4.78, 5) is 16.7. The van der Waals surface area contributed by atoms with Crippen molar-refractivity contribution in [3.05, 3.63) is 59.4 Å². The predicted molar refractivity (Wildman–Crippen MR) is 132 cm³/mol. The lowest BCUT2D eigenvalue weighted by Crippen LogP contribution is -2.41. The van der Waals surface area contributed by atoms with Crippen LogP contribution in [0.2, 0.25) is 0 Å². The number of aryl methyl sites for hydroxylation is 1. The Kier molecular flexibility index (Phi) is 12.5. The monoisotopic (exact) mass is 544 g/mol. The Morgan fingerprint density at radius 1 is 1.10 bits per heavy atom. The van der Waals surface area contributed by atoms with E-state index in [2.05, 4.69) is 20.9 Å². The molecule has 1 amide bonds. The van der Waals surface area contributed by atoms with Crippen LogP contribution in [0, 0.1) is 12.7 Å². The van der Waals surface area contributed by atoms with Gasteiger partial charge in [-0.25, -0.2) is 9.38 Å². The van der Waals surface area contributed by atoms with Crippen molar-refractivity contribution < 1.29 is 18.7 Å². The highest BCUT2D eigenvalue weighted by Gasteiger charge is 2.07. The van der Waals surface area contributed by atoms with Gasteiger partial charge in [0.05, 0.1) is 19.7 Å². The number of benzene rings is 2. The van der Waals surface area contributed by atoms with Crippen LogP contribution in [0.25, 0.3) is 0 Å². The highest BCUT2D eigenvalue weighted by Crippen LogP contribution is 2.21. The lowest BCUT2D eigenvalue weighted by atomic mass is 10.1. The molecule has 0 spiro atoms. The topological polar surface area (TPSA) is 84.0 Å². The molecule has 0 fully saturated rings. The summed E-state index contributed by atoms with van der Waals surface area (Å²) in [5.41, 5.74) is 2.56. The van der Waals surface area contributed by atoms with Crippen molar-refractivity contribution in [1.29, 1.82) is 0 Å². The van der Waals surface area contributed by atoms with Gasteiger partial charge in [0.25, 0.3) is 0 Å². The van der Waals surface area contributed by atoms with Gasteiger partial charge in [0.2, 0.25) is 5.91 Å². The molecule has 2 aromatic carbocycles. The maximum atomic E-state index is 13.0. The number of ether oxygens (including phenoxy) is 2. The number of carbonyl (C=O) groups is 1. The second-order valence-electron chi connectivity index (χ2n) is 6.56. The molecule has 0 aliphatic heterocycles. The number of aliphatic imine (C=N–C) groups is 1. The highest BCUT2D eigenvalue weighted by molar-refractivity contribution is 14.0. The largest absolute Gasteiger partial charge is 0.491 e. The molecule has 2 rings (SSSR count). The summed E-state index contributed by atoms with van der Waals surface area (Å²) >= 11 is 0. The molecule has 0 unspecified atom stereocenters. The molecule has 3 N–H and O–H groups in total. The quantitative estimate of drug-likeness (QED) is 0.185. The van der Waals surface area contributed by atoms with Gasteiger partial charge in [-0.1, -0.05) is 12.1 Å². The summed E-state index contributed by atoms with van der Waals surface area (Å²) in [6.45, 7) is 5.97. The minimum Gasteiger partial charge on any atom is -0.491 e. The smallest absolute Gasteiger partial charge is 0.243 e. The van der Waals surface area contributed by atoms with Gasteiger partial charge in [-0.2, -0.15) is 0 Å². The third-order valence-electron chi connectivity index (χ3n) is 4.06. The lowest BCUT2D eigenvalue weighted by molar-refractivity contribution is -0.115. The third kappa shape index (κ3) is 9.97. The Labute approximate surface area is 199 Å². The van der Waals surface area contributed by atoms with Gasteiger partial charge < -0.3 is 25.4 Å². The van der Waals surface area contributed by atoms with Crippen molar-refractivity contribution in [2.75, 3.05) is 38.7 Å². The van der Waals surface area contributed by atoms with E-state index in [1.54, 1.807) is 7.11 Å². The molecule has 0 radical (unpaired) electrons. The Bertz CT molecular complexity index is 847. The van der Waals surface area contributed by atoms with Crippen LogP contribution in [0.5, 0.6) is 5.75 Å². The van der Waals surface area contributed by atoms with Gasteiger partial charge in [-0.15, -0.1) is 24.0 Å². The number of anilines is 1. The Hall–Kier alpha value is -2.40. The summed E-state index contributed by atoms with van der Waals surface area (Å²) in [5, 5.41) is 8.81. The number of nitrogens with zero attached hydrogens (tertiary/aromatic N) is 1. The number of methoxy groups -OCH3 is 1. The van der Waals surface area contributed by atoms with Crippen molar-refractivity contribution in [3.8, 4) is 5.75 Å². The van der Waals surface area contributed by atoms with E-state index in [-0.39, 0.29) is 42.2 Å². The van der Waals surface area contributed by atoms with Crippen LogP contribution >= 0.6 is 24.0 Å². The molecule has 2 aromatic rings. The molecule has 7 nitrogen and oxygen atoms in total. The molecule has 0 saturated heterocycles. The molecular weight excluding hydrogens is 514 g/mol.